The molecule has 13 heteroatoms. The van der Waals surface area contributed by atoms with Crippen LogP contribution in [-0.4, -0.2) is 74.7 Å². The Morgan fingerprint density at radius 3 is 2.27 bits per heavy atom. The van der Waals surface area contributed by atoms with E-state index < -0.39 is 16.7 Å². The van der Waals surface area contributed by atoms with Crippen molar-refractivity contribution in [2.24, 2.45) is 5.73 Å². The first-order valence-electron chi connectivity index (χ1n) is 11.3. The quantitative estimate of drug-likeness (QED) is 0.142. The zero-order valence-corrected chi connectivity index (χ0v) is 20.7. The maximum absolute atomic E-state index is 12.8. The Morgan fingerprint density at radius 2 is 1.62 bits per heavy atom. The Kier molecular flexibility index (Phi) is 10.7. The van der Waals surface area contributed by atoms with E-state index in [1.165, 1.54) is 35.6 Å². The van der Waals surface area contributed by atoms with Crippen molar-refractivity contribution < 1.29 is 38.6 Å². The van der Waals surface area contributed by atoms with Crippen molar-refractivity contribution in [3.8, 4) is 5.75 Å². The smallest absolute Gasteiger partial charge is 0.270 e. The molecule has 3 rings (SSSR count). The Morgan fingerprint density at radius 1 is 0.946 bits per heavy atom. The van der Waals surface area contributed by atoms with Crippen LogP contribution in [0.25, 0.3) is 10.1 Å². The minimum Gasteiger partial charge on any atom is -0.491 e. The SMILES string of the molecule is NC(=O)c1cc(OCCOCCOCCOCCO)ccc1NC(=O)c1cc2cc([N+](=O)[O-])ccc2s1. The van der Waals surface area contributed by atoms with Crippen LogP contribution in [0.5, 0.6) is 5.75 Å². The molecule has 0 aliphatic rings. The second-order valence-electron chi connectivity index (χ2n) is 7.52. The van der Waals surface area contributed by atoms with E-state index in [1.54, 1.807) is 18.2 Å². The molecule has 0 aliphatic carbocycles. The number of rotatable bonds is 16. The predicted molar refractivity (Wildman–Crippen MR) is 136 cm³/mol. The van der Waals surface area contributed by atoms with Crippen LogP contribution in [0.3, 0.4) is 0 Å². The van der Waals surface area contributed by atoms with Gasteiger partial charge in [0.15, 0.2) is 0 Å². The van der Waals surface area contributed by atoms with Crippen LogP contribution >= 0.6 is 11.3 Å². The molecule has 0 aliphatic heterocycles. The van der Waals surface area contributed by atoms with E-state index in [2.05, 4.69) is 5.32 Å². The monoisotopic (exact) mass is 533 g/mol. The summed E-state index contributed by atoms with van der Waals surface area (Å²) in [6.45, 7) is 2.33. The van der Waals surface area contributed by atoms with E-state index >= 15 is 0 Å². The third-order valence-electron chi connectivity index (χ3n) is 4.92. The van der Waals surface area contributed by atoms with Crippen molar-refractivity contribution in [2.75, 3.05) is 58.2 Å². The highest BCUT2D eigenvalue weighted by atomic mass is 32.1. The number of hydrogen-bond acceptors (Lipinski definition) is 10. The Hall–Kier alpha value is -3.62. The van der Waals surface area contributed by atoms with E-state index in [1.807, 2.05) is 0 Å². The molecule has 1 aromatic heterocycles. The maximum atomic E-state index is 12.8. The molecular weight excluding hydrogens is 506 g/mol. The number of amides is 2. The number of nitro groups is 1. The number of carbonyl (C=O) groups excluding carboxylic acids is 2. The van der Waals surface area contributed by atoms with E-state index in [0.29, 0.717) is 49.0 Å². The fourth-order valence-electron chi connectivity index (χ4n) is 3.19. The molecule has 1 heterocycles. The van der Waals surface area contributed by atoms with Crippen LogP contribution < -0.4 is 15.8 Å². The summed E-state index contributed by atoms with van der Waals surface area (Å²) >= 11 is 1.17. The number of nitro benzene ring substituents is 1. The van der Waals surface area contributed by atoms with Crippen LogP contribution in [0.4, 0.5) is 11.4 Å². The summed E-state index contributed by atoms with van der Waals surface area (Å²) in [6.07, 6.45) is 0. The number of non-ortho nitro benzene ring substituents is 1. The molecular formula is C24H27N3O9S. The largest absolute Gasteiger partial charge is 0.491 e. The lowest BCUT2D eigenvalue weighted by molar-refractivity contribution is -0.384. The molecule has 0 unspecified atom stereocenters. The van der Waals surface area contributed by atoms with Gasteiger partial charge < -0.3 is 35.1 Å². The van der Waals surface area contributed by atoms with Crippen molar-refractivity contribution in [1.82, 2.24) is 0 Å². The fraction of sp³-hybridized carbons (Fsp3) is 0.333. The summed E-state index contributed by atoms with van der Waals surface area (Å²) in [5, 5.41) is 22.8. The summed E-state index contributed by atoms with van der Waals surface area (Å²) in [6, 6.07) is 10.5. The van der Waals surface area contributed by atoms with Crippen molar-refractivity contribution >= 4 is 44.6 Å². The van der Waals surface area contributed by atoms with Crippen LogP contribution in [0.15, 0.2) is 42.5 Å². The molecule has 0 radical (unpaired) electrons. The van der Waals surface area contributed by atoms with E-state index in [9.17, 15) is 19.7 Å². The molecule has 0 fully saturated rings. The second kappa shape index (κ2) is 14.2. The number of anilines is 1. The van der Waals surface area contributed by atoms with Gasteiger partial charge in [0, 0.05) is 22.2 Å². The van der Waals surface area contributed by atoms with Gasteiger partial charge in [-0.2, -0.15) is 0 Å². The molecule has 37 heavy (non-hydrogen) atoms. The van der Waals surface area contributed by atoms with E-state index in [4.69, 9.17) is 29.8 Å². The average Bonchev–Trinajstić information content (AvgIpc) is 3.31. The number of nitrogens with two attached hydrogens (primary N) is 1. The molecule has 198 valence electrons. The predicted octanol–water partition coefficient (Wildman–Crippen LogP) is 2.58. The Labute approximate surface area is 216 Å². The summed E-state index contributed by atoms with van der Waals surface area (Å²) in [5.74, 6) is -0.846. The zero-order chi connectivity index (χ0) is 26.6. The lowest BCUT2D eigenvalue weighted by Crippen LogP contribution is -2.18. The van der Waals surface area contributed by atoms with Gasteiger partial charge in [0.25, 0.3) is 17.5 Å². The van der Waals surface area contributed by atoms with Crippen LogP contribution in [0, 0.1) is 10.1 Å². The van der Waals surface area contributed by atoms with Gasteiger partial charge in [0.1, 0.15) is 12.4 Å². The molecule has 2 amide bonds. The van der Waals surface area contributed by atoms with Gasteiger partial charge in [-0.15, -0.1) is 11.3 Å². The molecule has 4 N–H and O–H groups in total. The minimum absolute atomic E-state index is 0.0237. The number of hydrogen-bond donors (Lipinski definition) is 3. The first kappa shape index (κ1) is 28.0. The number of fused-ring (bicyclic) bond motifs is 1. The van der Waals surface area contributed by atoms with Crippen LogP contribution in [0.1, 0.15) is 20.0 Å². The molecule has 0 saturated heterocycles. The molecule has 2 aromatic carbocycles. The normalized spacial score (nSPS) is 10.9. The lowest BCUT2D eigenvalue weighted by Gasteiger charge is -2.12. The molecule has 0 atom stereocenters. The third kappa shape index (κ3) is 8.48. The van der Waals surface area contributed by atoms with Gasteiger partial charge in [-0.1, -0.05) is 0 Å². The van der Waals surface area contributed by atoms with Gasteiger partial charge in [0.05, 0.1) is 67.3 Å². The standard InChI is InChI=1S/C24H27N3O9S/c25-23(29)19-15-18(36-12-11-35-10-9-34-8-7-33-6-5-28)2-3-20(19)26-24(30)22-14-16-13-17(27(31)32)1-4-21(16)37-22/h1-4,13-15,28H,5-12H2,(H2,25,29)(H,26,30). The van der Waals surface area contributed by atoms with Crippen LogP contribution in [-0.2, 0) is 14.2 Å². The second-order valence-corrected chi connectivity index (χ2v) is 8.61. The van der Waals surface area contributed by atoms with Crippen molar-refractivity contribution in [3.63, 3.8) is 0 Å². The number of ether oxygens (including phenoxy) is 4. The molecule has 3 aromatic rings. The molecule has 0 bridgehead atoms. The molecule has 0 saturated carbocycles. The summed E-state index contributed by atoms with van der Waals surface area (Å²) in [4.78, 5) is 35.6. The summed E-state index contributed by atoms with van der Waals surface area (Å²) in [7, 11) is 0. The van der Waals surface area contributed by atoms with Gasteiger partial charge >= 0.3 is 0 Å². The first-order valence-corrected chi connectivity index (χ1v) is 12.1. The van der Waals surface area contributed by atoms with E-state index in [0.717, 1.165) is 4.70 Å². The number of nitrogens with zero attached hydrogens (tertiary/aromatic N) is 1. The van der Waals surface area contributed by atoms with Crippen LogP contribution in [0.2, 0.25) is 0 Å². The summed E-state index contributed by atoms with van der Waals surface area (Å²) in [5.41, 5.74) is 5.71. The first-order chi connectivity index (χ1) is 17.9. The topological polar surface area (TPSA) is 172 Å². The fourth-order valence-corrected chi connectivity index (χ4v) is 4.13. The molecule has 12 nitrogen and oxygen atoms in total. The average molecular weight is 534 g/mol. The lowest BCUT2D eigenvalue weighted by atomic mass is 10.1. The van der Waals surface area contributed by atoms with Gasteiger partial charge in [0.2, 0.25) is 0 Å². The Balaban J connectivity index is 1.50. The van der Waals surface area contributed by atoms with Crippen molar-refractivity contribution in [3.05, 3.63) is 63.0 Å². The van der Waals surface area contributed by atoms with Crippen molar-refractivity contribution in [1.29, 1.82) is 0 Å². The Bertz CT molecular complexity index is 1230. The minimum atomic E-state index is -0.746. The molecule has 0 spiro atoms. The highest BCUT2D eigenvalue weighted by Crippen LogP contribution is 2.30. The summed E-state index contributed by atoms with van der Waals surface area (Å²) < 4.78 is 22.1. The number of aliphatic hydroxyl groups is 1. The van der Waals surface area contributed by atoms with Crippen molar-refractivity contribution in [2.45, 2.75) is 0 Å². The number of aliphatic hydroxyl groups excluding tert-OH is 1. The number of thiophene rings is 1. The van der Waals surface area contributed by atoms with Gasteiger partial charge in [-0.25, -0.2) is 0 Å². The highest BCUT2D eigenvalue weighted by molar-refractivity contribution is 7.20. The van der Waals surface area contributed by atoms with Gasteiger partial charge in [-0.3, -0.25) is 19.7 Å². The number of nitrogens with one attached hydrogen (secondary N) is 1. The van der Waals surface area contributed by atoms with E-state index in [-0.39, 0.29) is 36.8 Å². The third-order valence-corrected chi connectivity index (χ3v) is 6.03. The van der Waals surface area contributed by atoms with Gasteiger partial charge in [-0.05, 0) is 30.3 Å². The zero-order valence-electron chi connectivity index (χ0n) is 19.8. The number of carbonyl (C=O) groups is 2. The highest BCUT2D eigenvalue weighted by Gasteiger charge is 2.17. The number of primary amides is 1. The number of benzene rings is 2. The maximum Gasteiger partial charge on any atom is 0.270 e.